The lowest BCUT2D eigenvalue weighted by molar-refractivity contribution is -0.0800. The molecule has 0 amide bonds. The number of halogens is 1. The first-order valence-electron chi connectivity index (χ1n) is 8.59. The number of hydrogen-bond donors (Lipinski definition) is 3. The van der Waals surface area contributed by atoms with Crippen molar-refractivity contribution in [3.05, 3.63) is 0 Å². The van der Waals surface area contributed by atoms with Gasteiger partial charge in [-0.2, -0.15) is 0 Å². The van der Waals surface area contributed by atoms with Crippen LogP contribution in [0.2, 0.25) is 0 Å². The van der Waals surface area contributed by atoms with Gasteiger partial charge in [-0.3, -0.25) is 4.90 Å². The Morgan fingerprint density at radius 3 is 2.22 bits per heavy atom. The lowest BCUT2D eigenvalue weighted by atomic mass is 9.70. The van der Waals surface area contributed by atoms with E-state index < -0.39 is 6.10 Å². The fraction of sp³-hybridized carbons (Fsp3) is 1.00. The predicted octanol–water partition coefficient (Wildman–Crippen LogP) is 1.29. The van der Waals surface area contributed by atoms with E-state index >= 15 is 0 Å². The monoisotopic (exact) mass is 351 g/mol. The summed E-state index contributed by atoms with van der Waals surface area (Å²) in [4.78, 5) is 1.86. The van der Waals surface area contributed by atoms with Gasteiger partial charge in [-0.15, -0.1) is 12.4 Å². The average molecular weight is 352 g/mol. The molecular weight excluding hydrogens is 318 g/mol. The molecule has 6 heteroatoms. The highest BCUT2D eigenvalue weighted by Crippen LogP contribution is 2.66. The van der Waals surface area contributed by atoms with Gasteiger partial charge in [0.25, 0.3) is 0 Å². The molecular formula is C17H34ClNO4. The Kier molecular flexibility index (Phi) is 7.77. The molecule has 0 heterocycles. The van der Waals surface area contributed by atoms with Gasteiger partial charge in [-0.1, -0.05) is 20.8 Å². The van der Waals surface area contributed by atoms with Gasteiger partial charge in [0.2, 0.25) is 0 Å². The third-order valence-electron chi connectivity index (χ3n) is 6.51. The van der Waals surface area contributed by atoms with E-state index in [0.29, 0.717) is 31.7 Å². The maximum absolute atomic E-state index is 10.2. The Balaban J connectivity index is 0.00000264. The van der Waals surface area contributed by atoms with E-state index in [2.05, 4.69) is 20.8 Å². The summed E-state index contributed by atoms with van der Waals surface area (Å²) in [5.41, 5.74) is 0.537. The lowest BCUT2D eigenvalue weighted by Gasteiger charge is -2.39. The molecule has 0 spiro atoms. The first-order chi connectivity index (χ1) is 10.3. The molecule has 2 bridgehead atoms. The van der Waals surface area contributed by atoms with Crippen molar-refractivity contribution in [2.45, 2.75) is 52.2 Å². The van der Waals surface area contributed by atoms with Gasteiger partial charge in [0.05, 0.1) is 32.0 Å². The van der Waals surface area contributed by atoms with Gasteiger partial charge in [-0.25, -0.2) is 0 Å². The van der Waals surface area contributed by atoms with Crippen molar-refractivity contribution in [1.29, 1.82) is 0 Å². The minimum Gasteiger partial charge on any atom is -0.395 e. The van der Waals surface area contributed by atoms with Crippen molar-refractivity contribution in [3.8, 4) is 0 Å². The maximum atomic E-state index is 10.2. The van der Waals surface area contributed by atoms with Crippen LogP contribution < -0.4 is 0 Å². The van der Waals surface area contributed by atoms with Crippen LogP contribution in [-0.4, -0.2) is 71.9 Å². The largest absolute Gasteiger partial charge is 0.395 e. The molecule has 2 saturated carbocycles. The summed E-state index contributed by atoms with van der Waals surface area (Å²) in [6.45, 7) is 8.80. The van der Waals surface area contributed by atoms with Crippen LogP contribution in [-0.2, 0) is 4.74 Å². The minimum atomic E-state index is -0.580. The highest BCUT2D eigenvalue weighted by atomic mass is 35.5. The number of fused-ring (bicyclic) bond motifs is 2. The van der Waals surface area contributed by atoms with Crippen LogP contribution in [0.25, 0.3) is 0 Å². The summed E-state index contributed by atoms with van der Waals surface area (Å²) in [7, 11) is 0. The number of nitrogens with zero attached hydrogens (tertiary/aromatic N) is 1. The Morgan fingerprint density at radius 1 is 1.17 bits per heavy atom. The summed E-state index contributed by atoms with van der Waals surface area (Å²) in [5, 5.41) is 28.2. The van der Waals surface area contributed by atoms with E-state index in [1.165, 1.54) is 12.8 Å². The molecule has 4 unspecified atom stereocenters. The molecule has 138 valence electrons. The summed E-state index contributed by atoms with van der Waals surface area (Å²) in [6, 6.07) is 0. The van der Waals surface area contributed by atoms with Crippen molar-refractivity contribution < 1.29 is 20.1 Å². The van der Waals surface area contributed by atoms with Crippen LogP contribution in [0.5, 0.6) is 0 Å². The lowest BCUT2D eigenvalue weighted by Crippen LogP contribution is -2.41. The Hall–Kier alpha value is 0.0900. The molecule has 4 atom stereocenters. The molecule has 2 rings (SSSR count). The Bertz CT molecular complexity index is 363. The first-order valence-corrected chi connectivity index (χ1v) is 8.59. The third-order valence-corrected chi connectivity index (χ3v) is 6.51. The molecule has 0 aliphatic heterocycles. The quantitative estimate of drug-likeness (QED) is 0.583. The van der Waals surface area contributed by atoms with E-state index in [4.69, 9.17) is 14.9 Å². The normalized spacial score (nSPS) is 33.0. The predicted molar refractivity (Wildman–Crippen MR) is 92.8 cm³/mol. The Morgan fingerprint density at radius 2 is 1.78 bits per heavy atom. The smallest absolute Gasteiger partial charge is 0.0900 e. The van der Waals surface area contributed by atoms with Crippen molar-refractivity contribution >= 4 is 12.4 Å². The molecule has 3 N–H and O–H groups in total. The molecule has 23 heavy (non-hydrogen) atoms. The standard InChI is InChI=1S/C17H33NO4.ClH/c1-16(2)13-4-5-17(16,3)15(10-13)22-12-14(21)11-18(6-8-19)7-9-20;/h13-15,19-21H,4-12H2,1-3H3;1H. The molecule has 2 fully saturated rings. The van der Waals surface area contributed by atoms with Crippen molar-refractivity contribution in [2.24, 2.45) is 16.7 Å². The van der Waals surface area contributed by atoms with Gasteiger partial charge < -0.3 is 20.1 Å². The highest BCUT2D eigenvalue weighted by Gasteiger charge is 2.61. The van der Waals surface area contributed by atoms with E-state index in [-0.39, 0.29) is 37.1 Å². The van der Waals surface area contributed by atoms with Gasteiger partial charge >= 0.3 is 0 Å². The van der Waals surface area contributed by atoms with E-state index in [1.54, 1.807) is 0 Å². The second kappa shape index (κ2) is 8.45. The molecule has 0 aromatic carbocycles. The van der Waals surface area contributed by atoms with Crippen LogP contribution in [0.1, 0.15) is 40.0 Å². The summed E-state index contributed by atoms with van der Waals surface area (Å²) in [6.07, 6.45) is 3.27. The number of aliphatic hydroxyl groups excluding tert-OH is 3. The first kappa shape index (κ1) is 21.1. The SMILES string of the molecule is CC1(C)C2CCC1(C)C(OCC(O)CN(CCO)CCO)C2.Cl. The van der Waals surface area contributed by atoms with Crippen LogP contribution >= 0.6 is 12.4 Å². The van der Waals surface area contributed by atoms with Gasteiger partial charge in [0.1, 0.15) is 0 Å². The van der Waals surface area contributed by atoms with Gasteiger partial charge in [0.15, 0.2) is 0 Å². The topological polar surface area (TPSA) is 73.2 Å². The zero-order valence-corrected chi connectivity index (χ0v) is 15.5. The number of rotatable bonds is 9. The molecule has 2 aliphatic rings. The third kappa shape index (κ3) is 4.20. The number of ether oxygens (including phenoxy) is 1. The van der Waals surface area contributed by atoms with Crippen molar-refractivity contribution in [3.63, 3.8) is 0 Å². The zero-order valence-electron chi connectivity index (χ0n) is 14.7. The molecule has 0 saturated heterocycles. The van der Waals surface area contributed by atoms with Crippen LogP contribution in [0.3, 0.4) is 0 Å². The molecule has 0 aromatic rings. The number of aliphatic hydroxyl groups is 3. The maximum Gasteiger partial charge on any atom is 0.0900 e. The summed E-state index contributed by atoms with van der Waals surface area (Å²) >= 11 is 0. The molecule has 5 nitrogen and oxygen atoms in total. The molecule has 0 radical (unpaired) electrons. The van der Waals surface area contributed by atoms with Crippen LogP contribution in [0.4, 0.5) is 0 Å². The Labute approximate surface area is 146 Å². The molecule has 0 aromatic heterocycles. The summed E-state index contributed by atoms with van der Waals surface area (Å²) < 4.78 is 6.09. The zero-order chi connectivity index (χ0) is 16.4. The average Bonchev–Trinajstić information content (AvgIpc) is 2.78. The molecule has 2 aliphatic carbocycles. The van der Waals surface area contributed by atoms with Crippen LogP contribution in [0, 0.1) is 16.7 Å². The van der Waals surface area contributed by atoms with E-state index in [1.807, 2.05) is 4.90 Å². The van der Waals surface area contributed by atoms with Crippen molar-refractivity contribution in [1.82, 2.24) is 4.90 Å². The van der Waals surface area contributed by atoms with Gasteiger partial charge in [0, 0.05) is 19.6 Å². The fourth-order valence-electron chi connectivity index (χ4n) is 4.54. The van der Waals surface area contributed by atoms with Gasteiger partial charge in [-0.05, 0) is 36.0 Å². The summed E-state index contributed by atoms with van der Waals surface area (Å²) in [5.74, 6) is 0.736. The second-order valence-corrected chi connectivity index (χ2v) is 7.83. The fourth-order valence-corrected chi connectivity index (χ4v) is 4.54. The minimum absolute atomic E-state index is 0. The second-order valence-electron chi connectivity index (χ2n) is 7.83. The van der Waals surface area contributed by atoms with E-state index in [9.17, 15) is 5.11 Å². The van der Waals surface area contributed by atoms with Crippen LogP contribution in [0.15, 0.2) is 0 Å². The van der Waals surface area contributed by atoms with E-state index in [0.717, 1.165) is 12.3 Å². The van der Waals surface area contributed by atoms with Crippen molar-refractivity contribution in [2.75, 3.05) is 39.5 Å². The highest BCUT2D eigenvalue weighted by molar-refractivity contribution is 5.85. The number of hydrogen-bond acceptors (Lipinski definition) is 5.